The fraction of sp³-hybridized carbons (Fsp3) is 0.611. The first-order valence-corrected chi connectivity index (χ1v) is 10.2. The second-order valence-electron chi connectivity index (χ2n) is 8.23. The van der Waals surface area contributed by atoms with Gasteiger partial charge in [0.25, 0.3) is 0 Å². The molecule has 3 fully saturated rings. The van der Waals surface area contributed by atoms with Crippen LogP contribution in [0.2, 0.25) is 0 Å². The van der Waals surface area contributed by atoms with Gasteiger partial charge in [0.1, 0.15) is 0 Å². The van der Waals surface area contributed by atoms with E-state index in [9.17, 15) is 13.2 Å². The maximum absolute atomic E-state index is 12.9. The Balaban J connectivity index is 1.65. The Hall–Kier alpha value is -1.40. The number of hydrogen-bond donors (Lipinski definition) is 1. The van der Waals surface area contributed by atoms with Gasteiger partial charge in [0.15, 0.2) is 0 Å². The van der Waals surface area contributed by atoms with E-state index in [2.05, 4.69) is 13.8 Å². The van der Waals surface area contributed by atoms with E-state index in [4.69, 9.17) is 5.73 Å². The first-order chi connectivity index (χ1) is 11.2. The van der Waals surface area contributed by atoms with Gasteiger partial charge in [-0.2, -0.15) is 4.31 Å². The molecule has 1 heterocycles. The number of primary amides is 1. The van der Waals surface area contributed by atoms with Crippen LogP contribution >= 0.6 is 0 Å². The van der Waals surface area contributed by atoms with Crippen LogP contribution in [-0.4, -0.2) is 30.4 Å². The van der Waals surface area contributed by atoms with Gasteiger partial charge in [-0.25, -0.2) is 8.42 Å². The molecule has 0 aromatic heterocycles. The van der Waals surface area contributed by atoms with Crippen molar-refractivity contribution in [2.75, 3.05) is 5.75 Å². The number of sulfonamides is 1. The van der Waals surface area contributed by atoms with Crippen molar-refractivity contribution in [3.63, 3.8) is 0 Å². The number of hydrogen-bond acceptors (Lipinski definition) is 3. The number of carbonyl (C=O) groups excluding carboxylic acids is 1. The molecule has 4 rings (SSSR count). The number of amides is 1. The highest BCUT2D eigenvalue weighted by Gasteiger charge is 2.71. The summed E-state index contributed by atoms with van der Waals surface area (Å²) in [6.45, 7) is 4.90. The van der Waals surface area contributed by atoms with Crippen LogP contribution in [0.25, 0.3) is 0 Å². The highest BCUT2D eigenvalue weighted by atomic mass is 32.2. The van der Waals surface area contributed by atoms with Crippen LogP contribution in [0.5, 0.6) is 0 Å². The third kappa shape index (κ3) is 1.96. The van der Waals surface area contributed by atoms with Gasteiger partial charge >= 0.3 is 0 Å². The zero-order valence-electron chi connectivity index (χ0n) is 14.2. The van der Waals surface area contributed by atoms with Crippen molar-refractivity contribution in [3.8, 4) is 0 Å². The SMILES string of the molecule is CC1(C)[C@@H]2CC[C@@]13CS(=O)(=O)N(Cc1ccc(C(N)=O)cc1)[C@@H]3C2. The summed E-state index contributed by atoms with van der Waals surface area (Å²) in [5.41, 5.74) is 6.61. The molecule has 6 heteroatoms. The lowest BCUT2D eigenvalue weighted by atomic mass is 9.69. The zero-order chi connectivity index (χ0) is 17.3. The Bertz CT molecular complexity index is 800. The van der Waals surface area contributed by atoms with E-state index in [1.807, 2.05) is 0 Å². The van der Waals surface area contributed by atoms with Gasteiger partial charge < -0.3 is 5.73 Å². The second kappa shape index (κ2) is 4.82. The van der Waals surface area contributed by atoms with Crippen molar-refractivity contribution < 1.29 is 13.2 Å². The monoisotopic (exact) mass is 348 g/mol. The van der Waals surface area contributed by atoms with E-state index in [1.165, 1.54) is 0 Å². The maximum Gasteiger partial charge on any atom is 0.248 e. The minimum absolute atomic E-state index is 0.0926. The van der Waals surface area contributed by atoms with Gasteiger partial charge in [0.05, 0.1) is 5.75 Å². The molecule has 0 radical (unpaired) electrons. The molecule has 2 aliphatic carbocycles. The number of carbonyl (C=O) groups is 1. The molecule has 0 unspecified atom stereocenters. The minimum atomic E-state index is -3.24. The molecule has 3 atom stereocenters. The standard InChI is InChI=1S/C18H24N2O3S/c1-17(2)14-7-8-18(17)11-24(22,23)20(15(18)9-14)10-12-3-5-13(6-4-12)16(19)21/h3-6,14-15H,7-11H2,1-2H3,(H2,19,21)/t14-,15-,18+/m1/s1. The van der Waals surface area contributed by atoms with Crippen molar-refractivity contribution in [1.82, 2.24) is 4.31 Å². The first kappa shape index (κ1) is 16.1. The summed E-state index contributed by atoms with van der Waals surface area (Å²) in [6, 6.07) is 7.06. The lowest BCUT2D eigenvalue weighted by molar-refractivity contribution is 0.1000. The van der Waals surface area contributed by atoms with Crippen molar-refractivity contribution in [1.29, 1.82) is 0 Å². The molecule has 130 valence electrons. The van der Waals surface area contributed by atoms with E-state index < -0.39 is 15.9 Å². The van der Waals surface area contributed by atoms with E-state index >= 15 is 0 Å². The average molecular weight is 348 g/mol. The van der Waals surface area contributed by atoms with Crippen molar-refractivity contribution in [3.05, 3.63) is 35.4 Å². The summed E-state index contributed by atoms with van der Waals surface area (Å²) >= 11 is 0. The molecule has 1 amide bonds. The predicted molar refractivity (Wildman–Crippen MR) is 91.6 cm³/mol. The molecule has 1 aromatic carbocycles. The normalized spacial score (nSPS) is 35.9. The van der Waals surface area contributed by atoms with Crippen LogP contribution in [0, 0.1) is 16.7 Å². The largest absolute Gasteiger partial charge is 0.366 e. The lowest BCUT2D eigenvalue weighted by Crippen LogP contribution is -2.41. The average Bonchev–Trinajstić information content (AvgIpc) is 2.97. The molecular formula is C18H24N2O3S. The molecule has 2 bridgehead atoms. The van der Waals surface area contributed by atoms with Gasteiger partial charge in [0.2, 0.25) is 15.9 Å². The topological polar surface area (TPSA) is 80.5 Å². The third-order valence-corrected chi connectivity index (χ3v) is 9.09. The van der Waals surface area contributed by atoms with Gasteiger partial charge in [-0.15, -0.1) is 0 Å². The number of rotatable bonds is 3. The fourth-order valence-corrected chi connectivity index (χ4v) is 8.08. The van der Waals surface area contributed by atoms with Crippen LogP contribution < -0.4 is 5.73 Å². The lowest BCUT2D eigenvalue weighted by Gasteiger charge is -2.37. The van der Waals surface area contributed by atoms with Gasteiger partial charge in [-0.1, -0.05) is 26.0 Å². The Labute approximate surface area is 143 Å². The molecule has 2 saturated carbocycles. The van der Waals surface area contributed by atoms with Gasteiger partial charge in [0, 0.05) is 23.6 Å². The van der Waals surface area contributed by atoms with Crippen LogP contribution in [0.15, 0.2) is 24.3 Å². The Morgan fingerprint density at radius 2 is 1.96 bits per heavy atom. The Morgan fingerprint density at radius 1 is 1.29 bits per heavy atom. The van der Waals surface area contributed by atoms with Crippen LogP contribution in [0.3, 0.4) is 0 Å². The second-order valence-corrected chi connectivity index (χ2v) is 10.1. The molecule has 3 aliphatic rings. The highest BCUT2D eigenvalue weighted by molar-refractivity contribution is 7.89. The molecule has 5 nitrogen and oxygen atoms in total. The van der Waals surface area contributed by atoms with E-state index in [0.29, 0.717) is 18.0 Å². The molecule has 1 spiro atoms. The summed E-state index contributed by atoms with van der Waals surface area (Å²) in [7, 11) is -3.24. The fourth-order valence-electron chi connectivity index (χ4n) is 5.54. The minimum Gasteiger partial charge on any atom is -0.366 e. The van der Waals surface area contributed by atoms with Crippen LogP contribution in [0.4, 0.5) is 0 Å². The van der Waals surface area contributed by atoms with Crippen LogP contribution in [-0.2, 0) is 16.6 Å². The van der Waals surface area contributed by atoms with E-state index in [-0.39, 0.29) is 22.6 Å². The molecule has 2 N–H and O–H groups in total. The van der Waals surface area contributed by atoms with E-state index in [1.54, 1.807) is 28.6 Å². The first-order valence-electron chi connectivity index (χ1n) is 8.56. The van der Waals surface area contributed by atoms with Crippen molar-refractivity contribution in [2.24, 2.45) is 22.5 Å². The van der Waals surface area contributed by atoms with Crippen LogP contribution in [0.1, 0.15) is 49.0 Å². The summed E-state index contributed by atoms with van der Waals surface area (Å²) in [6.07, 6.45) is 3.15. The Kier molecular flexibility index (Phi) is 3.23. The number of fused-ring (bicyclic) bond motifs is 1. The molecule has 1 aliphatic heterocycles. The molecule has 1 aromatic rings. The zero-order valence-corrected chi connectivity index (χ0v) is 15.0. The predicted octanol–water partition coefficient (Wildman–Crippen LogP) is 2.13. The summed E-state index contributed by atoms with van der Waals surface area (Å²) in [5.74, 6) is 0.440. The summed E-state index contributed by atoms with van der Waals surface area (Å²) in [5, 5.41) is 0. The molecule has 1 saturated heterocycles. The highest BCUT2D eigenvalue weighted by Crippen LogP contribution is 2.70. The van der Waals surface area contributed by atoms with Crippen molar-refractivity contribution >= 4 is 15.9 Å². The molecule has 24 heavy (non-hydrogen) atoms. The summed E-state index contributed by atoms with van der Waals surface area (Å²) in [4.78, 5) is 11.2. The quantitative estimate of drug-likeness (QED) is 0.908. The van der Waals surface area contributed by atoms with Crippen molar-refractivity contribution in [2.45, 2.75) is 45.7 Å². The summed E-state index contributed by atoms with van der Waals surface area (Å²) < 4.78 is 27.5. The number of nitrogens with zero attached hydrogens (tertiary/aromatic N) is 1. The van der Waals surface area contributed by atoms with Gasteiger partial charge in [-0.05, 0) is 48.3 Å². The maximum atomic E-state index is 12.9. The molecular weight excluding hydrogens is 324 g/mol. The third-order valence-electron chi connectivity index (χ3n) is 7.11. The van der Waals surface area contributed by atoms with E-state index in [0.717, 1.165) is 24.8 Å². The van der Waals surface area contributed by atoms with Gasteiger partial charge in [-0.3, -0.25) is 4.79 Å². The number of benzene rings is 1. The number of nitrogens with two attached hydrogens (primary N) is 1. The smallest absolute Gasteiger partial charge is 0.248 e. The Morgan fingerprint density at radius 3 is 2.54 bits per heavy atom.